The third-order valence-corrected chi connectivity index (χ3v) is 6.15. The van der Waals surface area contributed by atoms with Gasteiger partial charge in [-0.05, 0) is 44.0 Å². The fourth-order valence-electron chi connectivity index (χ4n) is 2.80. The van der Waals surface area contributed by atoms with E-state index in [0.29, 0.717) is 26.1 Å². The number of nitrogens with zero attached hydrogens (tertiary/aromatic N) is 1. The summed E-state index contributed by atoms with van der Waals surface area (Å²) in [4.78, 5) is 25.9. The van der Waals surface area contributed by atoms with Gasteiger partial charge in [0.15, 0.2) is 0 Å². The average molecular weight is 447 g/mol. The number of benzene rings is 1. The molecule has 1 aliphatic heterocycles. The Morgan fingerprint density at radius 3 is 2.65 bits per heavy atom. The summed E-state index contributed by atoms with van der Waals surface area (Å²) in [5.74, 6) is -0.745. The third kappa shape index (κ3) is 5.78. The first kappa shape index (κ1) is 20.9. The van der Waals surface area contributed by atoms with Crippen molar-refractivity contribution in [2.45, 2.75) is 31.1 Å². The van der Waals surface area contributed by atoms with E-state index in [0.717, 1.165) is 10.9 Å². The lowest BCUT2D eigenvalue weighted by molar-refractivity contribution is -0.151. The number of nitrogens with one attached hydrogen (secondary N) is 1. The standard InChI is InChI=1S/C17H23BrN2O5S/c1-2-25-17(22)13-4-3-11-20(12-13)16(21)9-10-19-26(23,24)15-7-5-14(18)6-8-15/h5-8,13,19H,2-4,9-12H2,1H3/t13-/m1/s1. The zero-order valence-electron chi connectivity index (χ0n) is 14.6. The van der Waals surface area contributed by atoms with Crippen molar-refractivity contribution in [3.63, 3.8) is 0 Å². The van der Waals surface area contributed by atoms with E-state index in [4.69, 9.17) is 4.74 Å². The Balaban J connectivity index is 1.84. The minimum absolute atomic E-state index is 0.0117. The van der Waals surface area contributed by atoms with Crippen LogP contribution in [-0.2, 0) is 24.3 Å². The number of hydrogen-bond acceptors (Lipinski definition) is 5. The molecule has 1 aromatic rings. The maximum Gasteiger partial charge on any atom is 0.310 e. The van der Waals surface area contributed by atoms with Crippen molar-refractivity contribution in [2.24, 2.45) is 5.92 Å². The molecule has 1 saturated heterocycles. The van der Waals surface area contributed by atoms with Gasteiger partial charge in [-0.15, -0.1) is 0 Å². The summed E-state index contributed by atoms with van der Waals surface area (Å²) in [5.41, 5.74) is 0. The largest absolute Gasteiger partial charge is 0.466 e. The van der Waals surface area contributed by atoms with Crippen molar-refractivity contribution in [3.8, 4) is 0 Å². The lowest BCUT2D eigenvalue weighted by atomic mass is 9.98. The quantitative estimate of drug-likeness (QED) is 0.645. The summed E-state index contributed by atoms with van der Waals surface area (Å²) in [7, 11) is -3.65. The van der Waals surface area contributed by atoms with Crippen LogP contribution in [0.4, 0.5) is 0 Å². The number of carbonyl (C=O) groups is 2. The maximum absolute atomic E-state index is 12.3. The van der Waals surface area contributed by atoms with E-state index in [9.17, 15) is 18.0 Å². The van der Waals surface area contributed by atoms with E-state index in [1.807, 2.05) is 0 Å². The summed E-state index contributed by atoms with van der Waals surface area (Å²) in [5, 5.41) is 0. The number of carbonyl (C=O) groups excluding carboxylic acids is 2. The van der Waals surface area contributed by atoms with Crippen LogP contribution in [0.15, 0.2) is 33.6 Å². The summed E-state index contributed by atoms with van der Waals surface area (Å²) in [6, 6.07) is 6.26. The molecule has 2 rings (SSSR count). The van der Waals surface area contributed by atoms with Crippen molar-refractivity contribution < 1.29 is 22.7 Å². The highest BCUT2D eigenvalue weighted by Gasteiger charge is 2.29. The number of piperidine rings is 1. The van der Waals surface area contributed by atoms with Crippen LogP contribution in [0.1, 0.15) is 26.2 Å². The fourth-order valence-corrected chi connectivity index (χ4v) is 4.10. The Labute approximate surface area is 162 Å². The van der Waals surface area contributed by atoms with Crippen molar-refractivity contribution in [3.05, 3.63) is 28.7 Å². The smallest absolute Gasteiger partial charge is 0.310 e. The topological polar surface area (TPSA) is 92.8 Å². The number of esters is 1. The third-order valence-electron chi connectivity index (χ3n) is 4.15. The Morgan fingerprint density at radius 1 is 1.31 bits per heavy atom. The molecular formula is C17H23BrN2O5S. The molecule has 1 heterocycles. The summed E-state index contributed by atoms with van der Waals surface area (Å²) >= 11 is 3.25. The van der Waals surface area contributed by atoms with Gasteiger partial charge in [0.1, 0.15) is 0 Å². The van der Waals surface area contributed by atoms with Gasteiger partial charge in [0.25, 0.3) is 0 Å². The second-order valence-electron chi connectivity index (χ2n) is 6.03. The molecule has 0 aliphatic carbocycles. The molecule has 7 nitrogen and oxygen atoms in total. The minimum atomic E-state index is -3.65. The first-order valence-corrected chi connectivity index (χ1v) is 10.8. The average Bonchev–Trinajstić information content (AvgIpc) is 2.62. The van der Waals surface area contributed by atoms with Gasteiger partial charge in [-0.3, -0.25) is 9.59 Å². The number of likely N-dealkylation sites (tertiary alicyclic amines) is 1. The number of sulfonamides is 1. The molecule has 0 aromatic heterocycles. The Kier molecular flexibility index (Phi) is 7.60. The van der Waals surface area contributed by atoms with Gasteiger partial charge in [0.05, 0.1) is 17.4 Å². The van der Waals surface area contributed by atoms with Crippen molar-refractivity contribution in [1.82, 2.24) is 9.62 Å². The molecule has 26 heavy (non-hydrogen) atoms. The van der Waals surface area contributed by atoms with Gasteiger partial charge in [0, 0.05) is 30.5 Å². The molecule has 0 saturated carbocycles. The molecule has 0 radical (unpaired) electrons. The summed E-state index contributed by atoms with van der Waals surface area (Å²) in [6.45, 7) is 2.99. The Morgan fingerprint density at radius 2 is 2.00 bits per heavy atom. The summed E-state index contributed by atoms with van der Waals surface area (Å²) in [6.07, 6.45) is 1.49. The van der Waals surface area contributed by atoms with E-state index >= 15 is 0 Å². The van der Waals surface area contributed by atoms with E-state index in [1.165, 1.54) is 12.1 Å². The van der Waals surface area contributed by atoms with Crippen LogP contribution in [0.2, 0.25) is 0 Å². The zero-order chi connectivity index (χ0) is 19.2. The van der Waals surface area contributed by atoms with E-state index in [2.05, 4.69) is 20.7 Å². The van der Waals surface area contributed by atoms with Crippen LogP contribution in [0.5, 0.6) is 0 Å². The first-order valence-electron chi connectivity index (χ1n) is 8.53. The highest BCUT2D eigenvalue weighted by atomic mass is 79.9. The van der Waals surface area contributed by atoms with Crippen molar-refractivity contribution >= 4 is 37.8 Å². The minimum Gasteiger partial charge on any atom is -0.466 e. The molecule has 1 amide bonds. The molecule has 1 atom stereocenters. The number of rotatable bonds is 7. The number of halogens is 1. The van der Waals surface area contributed by atoms with Gasteiger partial charge in [0.2, 0.25) is 15.9 Å². The van der Waals surface area contributed by atoms with Gasteiger partial charge in [-0.1, -0.05) is 15.9 Å². The van der Waals surface area contributed by atoms with Gasteiger partial charge in [-0.25, -0.2) is 13.1 Å². The number of hydrogen-bond donors (Lipinski definition) is 1. The van der Waals surface area contributed by atoms with Crippen LogP contribution in [-0.4, -0.2) is 51.4 Å². The lowest BCUT2D eigenvalue weighted by Gasteiger charge is -2.31. The molecular weight excluding hydrogens is 424 g/mol. The van der Waals surface area contributed by atoms with Crippen molar-refractivity contribution in [2.75, 3.05) is 26.2 Å². The molecule has 9 heteroatoms. The van der Waals surface area contributed by atoms with Crippen LogP contribution in [0.3, 0.4) is 0 Å². The van der Waals surface area contributed by atoms with Gasteiger partial charge < -0.3 is 9.64 Å². The highest BCUT2D eigenvalue weighted by molar-refractivity contribution is 9.10. The normalized spacial score (nSPS) is 17.8. The monoisotopic (exact) mass is 446 g/mol. The molecule has 144 valence electrons. The van der Waals surface area contributed by atoms with E-state index in [1.54, 1.807) is 24.0 Å². The van der Waals surface area contributed by atoms with Crippen LogP contribution in [0, 0.1) is 5.92 Å². The first-order chi connectivity index (χ1) is 12.3. The number of amides is 1. The van der Waals surface area contributed by atoms with Crippen LogP contribution < -0.4 is 4.72 Å². The Bertz CT molecular complexity index is 736. The molecule has 1 aliphatic rings. The predicted molar refractivity (Wildman–Crippen MR) is 99.9 cm³/mol. The highest BCUT2D eigenvalue weighted by Crippen LogP contribution is 2.19. The molecule has 1 N–H and O–H groups in total. The maximum atomic E-state index is 12.3. The van der Waals surface area contributed by atoms with E-state index < -0.39 is 10.0 Å². The predicted octanol–water partition coefficient (Wildman–Crippen LogP) is 1.92. The Hall–Kier alpha value is -1.45. The second-order valence-corrected chi connectivity index (χ2v) is 8.72. The van der Waals surface area contributed by atoms with Crippen molar-refractivity contribution in [1.29, 1.82) is 0 Å². The number of ether oxygens (including phenoxy) is 1. The molecule has 1 fully saturated rings. The fraction of sp³-hybridized carbons (Fsp3) is 0.529. The van der Waals surface area contributed by atoms with Gasteiger partial charge in [-0.2, -0.15) is 0 Å². The van der Waals surface area contributed by atoms with Gasteiger partial charge >= 0.3 is 5.97 Å². The second kappa shape index (κ2) is 9.48. The zero-order valence-corrected chi connectivity index (χ0v) is 17.0. The molecule has 1 aromatic carbocycles. The van der Waals surface area contributed by atoms with E-state index in [-0.39, 0.29) is 35.7 Å². The summed E-state index contributed by atoms with van der Waals surface area (Å²) < 4.78 is 32.6. The SMILES string of the molecule is CCOC(=O)[C@@H]1CCCN(C(=O)CCNS(=O)(=O)c2ccc(Br)cc2)C1. The molecule has 0 unspecified atom stereocenters. The lowest BCUT2D eigenvalue weighted by Crippen LogP contribution is -2.43. The van der Waals surface area contributed by atoms with Crippen LogP contribution in [0.25, 0.3) is 0 Å². The van der Waals surface area contributed by atoms with Crippen LogP contribution >= 0.6 is 15.9 Å². The molecule has 0 bridgehead atoms. The molecule has 0 spiro atoms.